The van der Waals surface area contributed by atoms with E-state index in [0.717, 1.165) is 27.7 Å². The molecule has 0 spiro atoms. The Hall–Kier alpha value is -3.76. The number of thiocarbonyl (C=S) groups is 1. The molecule has 2 aromatic heterocycles. The van der Waals surface area contributed by atoms with Crippen molar-refractivity contribution in [3.05, 3.63) is 77.6 Å². The van der Waals surface area contributed by atoms with Gasteiger partial charge in [-0.3, -0.25) is 19.8 Å². The number of anilines is 1. The molecule has 0 fully saturated rings. The Morgan fingerprint density at radius 2 is 1.85 bits per heavy atom. The van der Waals surface area contributed by atoms with Crippen LogP contribution in [0.2, 0.25) is 0 Å². The first-order valence-electron chi connectivity index (χ1n) is 9.94. The lowest BCUT2D eigenvalue weighted by atomic mass is 10.0. The van der Waals surface area contributed by atoms with Crippen LogP contribution in [0, 0.1) is 13.8 Å². The highest BCUT2D eigenvalue weighted by Crippen LogP contribution is 2.30. The minimum Gasteiger partial charge on any atom is -0.376 e. The van der Waals surface area contributed by atoms with E-state index in [1.165, 1.54) is 0 Å². The molecule has 1 amide bonds. The normalized spacial score (nSPS) is 13.0. The highest BCUT2D eigenvalue weighted by Gasteiger charge is 2.21. The molecule has 0 aliphatic carbocycles. The average Bonchev–Trinajstić information content (AvgIpc) is 3.18. The van der Waals surface area contributed by atoms with Crippen molar-refractivity contribution in [2.75, 3.05) is 4.72 Å². The summed E-state index contributed by atoms with van der Waals surface area (Å²) in [6, 6.07) is 16.4. The molecule has 8 nitrogen and oxygen atoms in total. The fraction of sp³-hybridized carbons (Fsp3) is 0.0870. The molecule has 2 aliphatic heterocycles. The first-order valence-corrected chi connectivity index (χ1v) is 11.8. The number of hydrogen-bond donors (Lipinski definition) is 4. The van der Waals surface area contributed by atoms with Gasteiger partial charge in [0.15, 0.2) is 5.11 Å². The number of para-hydroxylation sites is 1. The second kappa shape index (κ2) is 8.64. The van der Waals surface area contributed by atoms with Gasteiger partial charge in [-0.05, 0) is 68.0 Å². The molecule has 4 aromatic rings. The fourth-order valence-electron chi connectivity index (χ4n) is 3.51. The zero-order valence-corrected chi connectivity index (χ0v) is 19.5. The molecule has 0 atom stereocenters. The number of aromatic amines is 1. The van der Waals surface area contributed by atoms with Gasteiger partial charge >= 0.3 is 0 Å². The molecule has 2 aromatic carbocycles. The van der Waals surface area contributed by atoms with Crippen LogP contribution in [0.25, 0.3) is 22.2 Å². The van der Waals surface area contributed by atoms with Gasteiger partial charge in [0.25, 0.3) is 15.9 Å². The molecule has 2 bridgehead atoms. The van der Waals surface area contributed by atoms with Gasteiger partial charge in [-0.15, -0.1) is 0 Å². The quantitative estimate of drug-likeness (QED) is 0.325. The summed E-state index contributed by atoms with van der Waals surface area (Å²) in [5.74, 6) is -0.361. The number of sulfonamides is 1. The fourth-order valence-corrected chi connectivity index (χ4v) is 4.82. The highest BCUT2D eigenvalue weighted by molar-refractivity contribution is 7.92. The van der Waals surface area contributed by atoms with Crippen molar-refractivity contribution in [2.24, 2.45) is 5.73 Å². The van der Waals surface area contributed by atoms with Crippen LogP contribution < -0.4 is 15.8 Å². The van der Waals surface area contributed by atoms with Crippen molar-refractivity contribution >= 4 is 49.9 Å². The Morgan fingerprint density at radius 1 is 1.09 bits per heavy atom. The van der Waals surface area contributed by atoms with E-state index in [4.69, 9.17) is 18.0 Å². The largest absolute Gasteiger partial charge is 0.376 e. The van der Waals surface area contributed by atoms with Gasteiger partial charge in [0.05, 0.1) is 21.8 Å². The molecule has 10 heteroatoms. The molecule has 5 N–H and O–H groups in total. The lowest BCUT2D eigenvalue weighted by Crippen LogP contribution is -2.35. The Bertz CT molecular complexity index is 1510. The summed E-state index contributed by atoms with van der Waals surface area (Å²) in [7, 11) is -3.19. The van der Waals surface area contributed by atoms with E-state index in [0.29, 0.717) is 21.8 Å². The van der Waals surface area contributed by atoms with Gasteiger partial charge in [0, 0.05) is 28.4 Å². The van der Waals surface area contributed by atoms with E-state index in [1.807, 2.05) is 44.3 Å². The Labute approximate surface area is 196 Å². The summed E-state index contributed by atoms with van der Waals surface area (Å²) in [4.78, 5) is 20.4. The maximum absolute atomic E-state index is 12.3. The number of carbonyl (C=O) groups is 1. The van der Waals surface area contributed by atoms with Gasteiger partial charge in [-0.25, -0.2) is 8.42 Å². The van der Waals surface area contributed by atoms with Crippen molar-refractivity contribution in [2.45, 2.75) is 18.7 Å². The van der Waals surface area contributed by atoms with Crippen molar-refractivity contribution in [3.8, 4) is 11.3 Å². The van der Waals surface area contributed by atoms with E-state index < -0.39 is 10.0 Å². The van der Waals surface area contributed by atoms with Gasteiger partial charge in [-0.1, -0.05) is 18.2 Å². The predicted molar refractivity (Wildman–Crippen MR) is 133 cm³/mol. The lowest BCUT2D eigenvalue weighted by molar-refractivity contribution is 0.0978. The first kappa shape index (κ1) is 22.4. The van der Waals surface area contributed by atoms with Crippen molar-refractivity contribution in [1.29, 1.82) is 0 Å². The molecule has 0 saturated heterocycles. The topological polar surface area (TPSA) is 130 Å². The first-order chi connectivity index (χ1) is 15.7. The molecule has 2 aliphatic rings. The van der Waals surface area contributed by atoms with Crippen LogP contribution in [0.3, 0.4) is 0 Å². The summed E-state index contributed by atoms with van der Waals surface area (Å²) in [6.07, 6.45) is 1.85. The number of nitrogens with two attached hydrogens (primary N) is 1. The van der Waals surface area contributed by atoms with Crippen LogP contribution in [-0.2, 0) is 10.0 Å². The Kier molecular flexibility index (Phi) is 5.88. The third kappa shape index (κ3) is 4.57. The van der Waals surface area contributed by atoms with Gasteiger partial charge in [-0.2, -0.15) is 0 Å². The third-order valence-corrected chi connectivity index (χ3v) is 6.58. The summed E-state index contributed by atoms with van der Waals surface area (Å²) in [5.41, 5.74) is 10.8. The second-order valence-corrected chi connectivity index (χ2v) is 9.62. The number of aromatic nitrogens is 2. The molecular formula is C23H21N5O3S2. The van der Waals surface area contributed by atoms with Crippen LogP contribution in [0.5, 0.6) is 0 Å². The zero-order chi connectivity index (χ0) is 23.8. The minimum atomic E-state index is -3.19. The SMILES string of the molecule is Cc1cc2ccc1NS2(=O)=O.Cc1ccc(C(=O)NC(N)=S)c(-c2c[nH]c3ccccc23)n1. The third-order valence-electron chi connectivity index (χ3n) is 5.11. The van der Waals surface area contributed by atoms with Crippen LogP contribution in [0.4, 0.5) is 5.69 Å². The molecule has 0 saturated carbocycles. The van der Waals surface area contributed by atoms with Crippen LogP contribution in [-0.4, -0.2) is 29.4 Å². The summed E-state index contributed by atoms with van der Waals surface area (Å²) in [5, 5.41) is 3.39. The van der Waals surface area contributed by atoms with Crippen LogP contribution in [0.1, 0.15) is 21.6 Å². The van der Waals surface area contributed by atoms with Crippen molar-refractivity contribution in [3.63, 3.8) is 0 Å². The van der Waals surface area contributed by atoms with Crippen molar-refractivity contribution < 1.29 is 13.2 Å². The molecular weight excluding hydrogens is 458 g/mol. The van der Waals surface area contributed by atoms with E-state index >= 15 is 0 Å². The van der Waals surface area contributed by atoms with Gasteiger partial charge < -0.3 is 10.7 Å². The maximum Gasteiger partial charge on any atom is 0.261 e. The average molecular weight is 480 g/mol. The molecule has 0 radical (unpaired) electrons. The van der Waals surface area contributed by atoms with Crippen LogP contribution in [0.15, 0.2) is 65.7 Å². The van der Waals surface area contributed by atoms with E-state index in [1.54, 1.807) is 30.3 Å². The number of amides is 1. The molecule has 6 rings (SSSR count). The zero-order valence-electron chi connectivity index (χ0n) is 17.8. The molecule has 0 unspecified atom stereocenters. The summed E-state index contributed by atoms with van der Waals surface area (Å²) >= 11 is 4.74. The molecule has 168 valence electrons. The summed E-state index contributed by atoms with van der Waals surface area (Å²) < 4.78 is 24.7. The number of nitrogens with one attached hydrogen (secondary N) is 3. The number of aryl methyl sites for hydroxylation is 2. The van der Waals surface area contributed by atoms with Gasteiger partial charge in [0.1, 0.15) is 0 Å². The summed E-state index contributed by atoms with van der Waals surface area (Å²) in [6.45, 7) is 3.76. The Balaban J connectivity index is 0.000000196. The second-order valence-electron chi connectivity index (χ2n) is 7.50. The van der Waals surface area contributed by atoms with E-state index in [2.05, 4.69) is 20.0 Å². The van der Waals surface area contributed by atoms with Crippen molar-refractivity contribution in [1.82, 2.24) is 15.3 Å². The maximum atomic E-state index is 12.3. The lowest BCUT2D eigenvalue weighted by Gasteiger charge is -2.17. The van der Waals surface area contributed by atoms with Crippen LogP contribution >= 0.6 is 12.2 Å². The molecule has 33 heavy (non-hydrogen) atoms. The van der Waals surface area contributed by atoms with Gasteiger partial charge in [0.2, 0.25) is 0 Å². The standard InChI is InChI=1S/C16H14N4OS.C7H7NO2S/c1-9-6-7-11(15(21)20-16(17)22)14(19-9)12-8-18-13-5-3-2-4-10(12)13;1-5-4-6-2-3-7(5)8-11(6,9)10/h2-8,18H,1H3,(H3,17,20,21,22);2-4,8H,1H3. The Morgan fingerprint density at radius 3 is 2.45 bits per heavy atom. The monoisotopic (exact) mass is 479 g/mol. The highest BCUT2D eigenvalue weighted by atomic mass is 32.2. The predicted octanol–water partition coefficient (Wildman–Crippen LogP) is 3.62. The smallest absolute Gasteiger partial charge is 0.261 e. The number of pyridine rings is 1. The molecule has 4 heterocycles. The number of rotatable bonds is 2. The minimum absolute atomic E-state index is 0.0598. The number of nitrogens with zero attached hydrogens (tertiary/aromatic N) is 1. The van der Waals surface area contributed by atoms with E-state index in [9.17, 15) is 13.2 Å². The number of carbonyl (C=O) groups excluding carboxylic acids is 1. The number of H-pyrrole nitrogens is 1. The number of hydrogen-bond acceptors (Lipinski definition) is 5. The number of benzene rings is 2. The number of fused-ring (bicyclic) bond motifs is 4. The van der Waals surface area contributed by atoms with E-state index in [-0.39, 0.29) is 11.0 Å².